The van der Waals surface area contributed by atoms with Crippen molar-refractivity contribution in [1.82, 2.24) is 4.98 Å². The number of pyridine rings is 1. The molecule has 64 valence electrons. The summed E-state index contributed by atoms with van der Waals surface area (Å²) in [4.78, 5) is 13.7. The van der Waals surface area contributed by atoms with Crippen LogP contribution in [0, 0.1) is 10.1 Å². The number of nitro groups is 1. The van der Waals surface area contributed by atoms with Crippen LogP contribution in [-0.2, 0) is 6.54 Å². The maximum atomic E-state index is 10.3. The molecule has 12 heavy (non-hydrogen) atoms. The lowest BCUT2D eigenvalue weighted by Gasteiger charge is -1.97. The molecule has 1 aromatic rings. The fourth-order valence-corrected chi connectivity index (χ4v) is 1.22. The average molecular weight is 232 g/mol. The molecule has 0 bridgehead atoms. The van der Waals surface area contributed by atoms with E-state index in [0.717, 1.165) is 0 Å². The highest BCUT2D eigenvalue weighted by Crippen LogP contribution is 2.21. The van der Waals surface area contributed by atoms with Crippen LogP contribution in [0.4, 0.5) is 5.69 Å². The first-order chi connectivity index (χ1) is 5.65. The molecule has 0 aliphatic heterocycles. The van der Waals surface area contributed by atoms with Gasteiger partial charge in [-0.25, -0.2) is 4.98 Å². The average Bonchev–Trinajstić information content (AvgIpc) is 2.03. The van der Waals surface area contributed by atoms with Crippen LogP contribution in [0.5, 0.6) is 0 Å². The number of nitrogens with two attached hydrogens (primary N) is 1. The molecule has 0 aromatic carbocycles. The van der Waals surface area contributed by atoms with E-state index >= 15 is 0 Å². The van der Waals surface area contributed by atoms with Gasteiger partial charge in [-0.1, -0.05) is 0 Å². The topological polar surface area (TPSA) is 82.0 Å². The van der Waals surface area contributed by atoms with Crippen LogP contribution in [0.25, 0.3) is 0 Å². The Morgan fingerprint density at radius 2 is 2.33 bits per heavy atom. The minimum absolute atomic E-state index is 0.0489. The maximum absolute atomic E-state index is 10.3. The fraction of sp³-hybridized carbons (Fsp3) is 0.167. The number of halogens is 1. The van der Waals surface area contributed by atoms with Gasteiger partial charge in [0.05, 0.1) is 10.6 Å². The van der Waals surface area contributed by atoms with E-state index < -0.39 is 4.92 Å². The molecule has 1 rings (SSSR count). The molecule has 0 unspecified atom stereocenters. The van der Waals surface area contributed by atoms with Gasteiger partial charge in [0, 0.05) is 12.6 Å². The summed E-state index contributed by atoms with van der Waals surface area (Å²) in [6.45, 7) is 0.274. The van der Waals surface area contributed by atoms with Crippen molar-refractivity contribution in [2.24, 2.45) is 5.73 Å². The van der Waals surface area contributed by atoms with Crippen LogP contribution < -0.4 is 5.73 Å². The van der Waals surface area contributed by atoms with Gasteiger partial charge >= 0.3 is 5.69 Å². The van der Waals surface area contributed by atoms with E-state index in [2.05, 4.69) is 20.9 Å². The fourth-order valence-electron chi connectivity index (χ4n) is 0.714. The Hall–Kier alpha value is -1.01. The van der Waals surface area contributed by atoms with Crippen molar-refractivity contribution in [2.45, 2.75) is 6.54 Å². The number of aromatic nitrogens is 1. The number of hydrogen-bond acceptors (Lipinski definition) is 4. The van der Waals surface area contributed by atoms with Gasteiger partial charge in [0.25, 0.3) is 0 Å². The number of nitrogens with zero attached hydrogens (tertiary/aromatic N) is 2. The van der Waals surface area contributed by atoms with Gasteiger partial charge in [-0.15, -0.1) is 0 Å². The molecule has 1 aromatic heterocycles. The normalized spacial score (nSPS) is 9.83. The third-order valence-corrected chi connectivity index (χ3v) is 1.88. The minimum atomic E-state index is -0.503. The van der Waals surface area contributed by atoms with Crippen LogP contribution in [0.1, 0.15) is 5.69 Å². The van der Waals surface area contributed by atoms with Gasteiger partial charge < -0.3 is 5.73 Å². The standard InChI is InChI=1S/C6H6BrN3O2/c7-6-5(10(11)12)2-1-4(3-8)9-6/h1-2H,3,8H2. The van der Waals surface area contributed by atoms with Crippen molar-refractivity contribution >= 4 is 21.6 Å². The second-order valence-electron chi connectivity index (χ2n) is 2.07. The van der Waals surface area contributed by atoms with Crippen LogP contribution in [0.3, 0.4) is 0 Å². The number of rotatable bonds is 2. The third-order valence-electron chi connectivity index (χ3n) is 1.29. The summed E-state index contributed by atoms with van der Waals surface area (Å²) in [6.07, 6.45) is 0. The Morgan fingerprint density at radius 3 is 2.75 bits per heavy atom. The largest absolute Gasteiger partial charge is 0.325 e. The molecule has 0 spiro atoms. The van der Waals surface area contributed by atoms with E-state index in [1.165, 1.54) is 12.1 Å². The summed E-state index contributed by atoms with van der Waals surface area (Å²) >= 11 is 2.98. The van der Waals surface area contributed by atoms with Crippen molar-refractivity contribution in [3.63, 3.8) is 0 Å². The van der Waals surface area contributed by atoms with E-state index in [-0.39, 0.29) is 16.8 Å². The predicted molar refractivity (Wildman–Crippen MR) is 46.5 cm³/mol. The highest BCUT2D eigenvalue weighted by Gasteiger charge is 2.12. The van der Waals surface area contributed by atoms with E-state index in [1.54, 1.807) is 0 Å². The Labute approximate surface area is 76.9 Å². The van der Waals surface area contributed by atoms with E-state index in [1.807, 2.05) is 0 Å². The summed E-state index contributed by atoms with van der Waals surface area (Å²) in [7, 11) is 0. The SMILES string of the molecule is NCc1ccc([N+](=O)[O-])c(Br)n1. The van der Waals surface area contributed by atoms with Crippen molar-refractivity contribution in [3.8, 4) is 0 Å². The molecule has 0 aliphatic carbocycles. The molecular weight excluding hydrogens is 226 g/mol. The molecule has 0 radical (unpaired) electrons. The van der Waals surface area contributed by atoms with Crippen LogP contribution in [0.15, 0.2) is 16.7 Å². The van der Waals surface area contributed by atoms with E-state index in [9.17, 15) is 10.1 Å². The highest BCUT2D eigenvalue weighted by atomic mass is 79.9. The van der Waals surface area contributed by atoms with Crippen molar-refractivity contribution < 1.29 is 4.92 Å². The van der Waals surface area contributed by atoms with Crippen LogP contribution in [0.2, 0.25) is 0 Å². The Morgan fingerprint density at radius 1 is 1.67 bits per heavy atom. The first-order valence-electron chi connectivity index (χ1n) is 3.15. The first-order valence-corrected chi connectivity index (χ1v) is 3.94. The molecule has 0 fully saturated rings. The summed E-state index contributed by atoms with van der Waals surface area (Å²) in [5, 5.41) is 10.3. The zero-order chi connectivity index (χ0) is 9.14. The summed E-state index contributed by atoms with van der Waals surface area (Å²) in [5.41, 5.74) is 5.86. The van der Waals surface area contributed by atoms with E-state index in [0.29, 0.717) is 5.69 Å². The lowest BCUT2D eigenvalue weighted by molar-refractivity contribution is -0.386. The van der Waals surface area contributed by atoms with Crippen LogP contribution >= 0.6 is 15.9 Å². The monoisotopic (exact) mass is 231 g/mol. The highest BCUT2D eigenvalue weighted by molar-refractivity contribution is 9.10. The van der Waals surface area contributed by atoms with E-state index in [4.69, 9.17) is 5.73 Å². The van der Waals surface area contributed by atoms with Crippen molar-refractivity contribution in [2.75, 3.05) is 0 Å². The molecule has 0 saturated carbocycles. The molecule has 0 saturated heterocycles. The van der Waals surface area contributed by atoms with Crippen molar-refractivity contribution in [3.05, 3.63) is 32.5 Å². The molecule has 1 heterocycles. The van der Waals surface area contributed by atoms with Crippen molar-refractivity contribution in [1.29, 1.82) is 0 Å². The molecule has 0 amide bonds. The zero-order valence-electron chi connectivity index (χ0n) is 6.03. The molecular formula is C6H6BrN3O2. The summed E-state index contributed by atoms with van der Waals surface area (Å²) in [6, 6.07) is 2.90. The van der Waals surface area contributed by atoms with Gasteiger partial charge in [0.1, 0.15) is 0 Å². The van der Waals surface area contributed by atoms with Gasteiger partial charge in [-0.3, -0.25) is 10.1 Å². The quantitative estimate of drug-likeness (QED) is 0.472. The van der Waals surface area contributed by atoms with Gasteiger partial charge in [0.2, 0.25) is 0 Å². The number of hydrogen-bond donors (Lipinski definition) is 1. The summed E-state index contributed by atoms with van der Waals surface area (Å²) < 4.78 is 0.218. The lowest BCUT2D eigenvalue weighted by atomic mass is 10.3. The van der Waals surface area contributed by atoms with Gasteiger partial charge in [-0.2, -0.15) is 0 Å². The minimum Gasteiger partial charge on any atom is -0.325 e. The molecule has 2 N–H and O–H groups in total. The second kappa shape index (κ2) is 3.59. The Kier molecular flexibility index (Phi) is 2.72. The Bertz CT molecular complexity index is 316. The molecule has 0 atom stereocenters. The predicted octanol–water partition coefficient (Wildman–Crippen LogP) is 1.21. The Balaban J connectivity index is 3.12. The molecule has 6 heteroatoms. The smallest absolute Gasteiger partial charge is 0.301 e. The van der Waals surface area contributed by atoms with Gasteiger partial charge in [-0.05, 0) is 22.0 Å². The zero-order valence-corrected chi connectivity index (χ0v) is 7.61. The molecule has 5 nitrogen and oxygen atoms in total. The summed E-state index contributed by atoms with van der Waals surface area (Å²) in [5.74, 6) is 0. The third kappa shape index (κ3) is 1.77. The first kappa shape index (κ1) is 9.08. The maximum Gasteiger partial charge on any atom is 0.301 e. The van der Waals surface area contributed by atoms with Crippen LogP contribution in [-0.4, -0.2) is 9.91 Å². The molecule has 0 aliphatic rings. The van der Waals surface area contributed by atoms with Gasteiger partial charge in [0.15, 0.2) is 4.60 Å². The second-order valence-corrected chi connectivity index (χ2v) is 2.82. The lowest BCUT2D eigenvalue weighted by Crippen LogP contribution is -2.01.